The molecule has 1 N–H and O–H groups in total. The van der Waals surface area contributed by atoms with E-state index in [1.807, 2.05) is 18.2 Å². The fourth-order valence-corrected chi connectivity index (χ4v) is 4.38. The molecule has 1 heterocycles. The predicted molar refractivity (Wildman–Crippen MR) is 128 cm³/mol. The van der Waals surface area contributed by atoms with Crippen LogP contribution in [0.25, 0.3) is 0 Å². The number of aliphatic imine (C=N–C) groups is 1. The number of methoxy groups -OCH3 is 1. The Kier molecular flexibility index (Phi) is 7.04. The normalized spacial score (nSPS) is 17.2. The summed E-state index contributed by atoms with van der Waals surface area (Å²) in [4.78, 5) is 32.2. The molecule has 0 bridgehead atoms. The molecule has 1 fully saturated rings. The summed E-state index contributed by atoms with van der Waals surface area (Å²) in [6, 6.07) is 22.2. The number of anilines is 1. The lowest BCUT2D eigenvalue weighted by Crippen LogP contribution is -2.44. The lowest BCUT2D eigenvalue weighted by Gasteiger charge is -2.32. The number of nitrogens with one attached hydrogen (secondary N) is 1. The average molecular weight is 464 g/mol. The third-order valence-corrected chi connectivity index (χ3v) is 6.21. The third kappa shape index (κ3) is 5.78. The highest BCUT2D eigenvalue weighted by atomic mass is 32.2. The minimum Gasteiger partial charge on any atom is -0.497 e. The Bertz CT molecular complexity index is 1150. The van der Waals surface area contributed by atoms with Gasteiger partial charge in [0.1, 0.15) is 16.8 Å². The highest BCUT2D eigenvalue weighted by Gasteiger charge is 2.36. The van der Waals surface area contributed by atoms with Gasteiger partial charge in [-0.2, -0.15) is 0 Å². The zero-order chi connectivity index (χ0) is 23.2. The smallest absolute Gasteiger partial charge is 0.238 e. The second-order valence-electron chi connectivity index (χ2n) is 7.36. The minimum absolute atomic E-state index is 0.0339. The van der Waals surface area contributed by atoms with Crippen molar-refractivity contribution in [1.82, 2.24) is 4.90 Å². The number of benzene rings is 3. The van der Waals surface area contributed by atoms with Crippen LogP contribution in [0.5, 0.6) is 5.75 Å². The van der Waals surface area contributed by atoms with Gasteiger partial charge in [0.2, 0.25) is 11.8 Å². The van der Waals surface area contributed by atoms with Crippen LogP contribution >= 0.6 is 11.8 Å². The Balaban J connectivity index is 1.60. The molecule has 4 rings (SSSR count). The molecule has 8 heteroatoms. The second-order valence-corrected chi connectivity index (χ2v) is 8.53. The van der Waals surface area contributed by atoms with Gasteiger partial charge >= 0.3 is 0 Å². The van der Waals surface area contributed by atoms with Crippen LogP contribution in [0.1, 0.15) is 12.0 Å². The van der Waals surface area contributed by atoms with Crippen LogP contribution in [0.15, 0.2) is 83.9 Å². The van der Waals surface area contributed by atoms with Gasteiger partial charge in [0.15, 0.2) is 5.17 Å². The topological polar surface area (TPSA) is 71.0 Å². The number of carbonyl (C=O) groups is 2. The maximum absolute atomic E-state index is 13.3. The van der Waals surface area contributed by atoms with Gasteiger partial charge in [-0.15, -0.1) is 0 Å². The number of hydrogen-bond donors (Lipinski definition) is 1. The van der Waals surface area contributed by atoms with Crippen LogP contribution in [-0.4, -0.2) is 34.2 Å². The summed E-state index contributed by atoms with van der Waals surface area (Å²) in [5.74, 6) is -0.139. The monoisotopic (exact) mass is 463 g/mol. The van der Waals surface area contributed by atoms with E-state index in [4.69, 9.17) is 4.74 Å². The average Bonchev–Trinajstić information content (AvgIpc) is 2.83. The van der Waals surface area contributed by atoms with E-state index in [9.17, 15) is 14.0 Å². The molecule has 0 radical (unpaired) electrons. The van der Waals surface area contributed by atoms with Crippen molar-refractivity contribution in [3.05, 3.63) is 90.2 Å². The number of nitrogens with zero attached hydrogens (tertiary/aromatic N) is 2. The number of carbonyl (C=O) groups excluding carboxylic acids is 2. The largest absolute Gasteiger partial charge is 0.497 e. The molecule has 0 aliphatic carbocycles. The quantitative estimate of drug-likeness (QED) is 0.559. The number of amides is 2. The van der Waals surface area contributed by atoms with Crippen molar-refractivity contribution in [2.75, 3.05) is 12.4 Å². The SMILES string of the molecule is COc1ccc(N=C2SC(C(=O)Nc3ccccc3)CC(=O)N2Cc2ccc(F)cc2)cc1. The van der Waals surface area contributed by atoms with E-state index in [0.29, 0.717) is 22.3 Å². The molecular weight excluding hydrogens is 441 g/mol. The van der Waals surface area contributed by atoms with Crippen LogP contribution in [-0.2, 0) is 16.1 Å². The van der Waals surface area contributed by atoms with Crippen LogP contribution in [0.3, 0.4) is 0 Å². The van der Waals surface area contributed by atoms with Crippen LogP contribution in [0.2, 0.25) is 0 Å². The highest BCUT2D eigenvalue weighted by molar-refractivity contribution is 8.15. The molecule has 168 valence electrons. The number of rotatable bonds is 6. The lowest BCUT2D eigenvalue weighted by atomic mass is 10.2. The van der Waals surface area contributed by atoms with Crippen molar-refractivity contribution < 1.29 is 18.7 Å². The van der Waals surface area contributed by atoms with E-state index in [1.165, 1.54) is 28.8 Å². The zero-order valence-corrected chi connectivity index (χ0v) is 18.7. The summed E-state index contributed by atoms with van der Waals surface area (Å²) in [6.07, 6.45) is 0.0339. The van der Waals surface area contributed by atoms with Crippen molar-refractivity contribution in [2.45, 2.75) is 18.2 Å². The molecule has 3 aromatic carbocycles. The van der Waals surface area contributed by atoms with E-state index in [1.54, 1.807) is 55.6 Å². The number of ether oxygens (including phenoxy) is 1. The number of thioether (sulfide) groups is 1. The van der Waals surface area contributed by atoms with Crippen molar-refractivity contribution in [2.24, 2.45) is 4.99 Å². The molecule has 1 unspecified atom stereocenters. The Morgan fingerprint density at radius 1 is 1.09 bits per heavy atom. The fraction of sp³-hybridized carbons (Fsp3) is 0.160. The standard InChI is InChI=1S/C25H22FN3O3S/c1-32-21-13-11-20(12-14-21)28-25-29(16-17-7-9-18(26)10-8-17)23(30)15-22(33-25)24(31)27-19-5-3-2-4-6-19/h2-14,22H,15-16H2,1H3,(H,27,31). The molecular formula is C25H22FN3O3S. The maximum atomic E-state index is 13.3. The summed E-state index contributed by atoms with van der Waals surface area (Å²) in [5.41, 5.74) is 2.05. The minimum atomic E-state index is -0.626. The Labute approximate surface area is 195 Å². The van der Waals surface area contributed by atoms with E-state index in [0.717, 1.165) is 5.56 Å². The van der Waals surface area contributed by atoms with Gasteiger partial charge in [0, 0.05) is 12.1 Å². The molecule has 1 aliphatic rings. The van der Waals surface area contributed by atoms with E-state index in [-0.39, 0.29) is 30.6 Å². The van der Waals surface area contributed by atoms with Crippen LogP contribution < -0.4 is 10.1 Å². The second kappa shape index (κ2) is 10.3. The number of halogens is 1. The first-order chi connectivity index (χ1) is 16.0. The summed E-state index contributed by atoms with van der Waals surface area (Å²) in [5, 5.41) is 2.64. The molecule has 6 nitrogen and oxygen atoms in total. The molecule has 33 heavy (non-hydrogen) atoms. The predicted octanol–water partition coefficient (Wildman–Crippen LogP) is 4.99. The summed E-state index contributed by atoms with van der Waals surface area (Å²) >= 11 is 1.24. The summed E-state index contributed by atoms with van der Waals surface area (Å²) < 4.78 is 18.5. The first kappa shape index (κ1) is 22.5. The van der Waals surface area contributed by atoms with Crippen molar-refractivity contribution >= 4 is 40.1 Å². The summed E-state index contributed by atoms with van der Waals surface area (Å²) in [7, 11) is 1.58. The van der Waals surface area contributed by atoms with Crippen LogP contribution in [0, 0.1) is 5.82 Å². The van der Waals surface area contributed by atoms with Gasteiger partial charge in [0.25, 0.3) is 0 Å². The zero-order valence-electron chi connectivity index (χ0n) is 17.9. The van der Waals surface area contributed by atoms with Crippen molar-refractivity contribution in [3.63, 3.8) is 0 Å². The van der Waals surface area contributed by atoms with Gasteiger partial charge in [0.05, 0.1) is 19.3 Å². The maximum Gasteiger partial charge on any atom is 0.238 e. The molecule has 3 aromatic rings. The van der Waals surface area contributed by atoms with Crippen molar-refractivity contribution in [3.8, 4) is 5.75 Å². The van der Waals surface area contributed by atoms with E-state index < -0.39 is 5.25 Å². The Hall–Kier alpha value is -3.65. The molecule has 1 saturated heterocycles. The van der Waals surface area contributed by atoms with E-state index >= 15 is 0 Å². The van der Waals surface area contributed by atoms with Crippen molar-refractivity contribution in [1.29, 1.82) is 0 Å². The van der Waals surface area contributed by atoms with Gasteiger partial charge in [-0.3, -0.25) is 14.5 Å². The first-order valence-electron chi connectivity index (χ1n) is 10.3. The molecule has 0 aromatic heterocycles. The molecule has 0 spiro atoms. The molecule has 1 atom stereocenters. The highest BCUT2D eigenvalue weighted by Crippen LogP contribution is 2.31. The van der Waals surface area contributed by atoms with Gasteiger partial charge in [-0.1, -0.05) is 42.1 Å². The third-order valence-electron chi connectivity index (χ3n) is 5.02. The van der Waals surface area contributed by atoms with E-state index in [2.05, 4.69) is 10.3 Å². The molecule has 2 amide bonds. The van der Waals surface area contributed by atoms with Crippen LogP contribution in [0.4, 0.5) is 15.8 Å². The fourth-order valence-electron chi connectivity index (χ4n) is 3.28. The van der Waals surface area contributed by atoms with Gasteiger partial charge in [-0.25, -0.2) is 9.38 Å². The lowest BCUT2D eigenvalue weighted by molar-refractivity contribution is -0.129. The number of amidine groups is 1. The molecule has 0 saturated carbocycles. The first-order valence-corrected chi connectivity index (χ1v) is 11.2. The number of para-hydroxylation sites is 1. The van der Waals surface area contributed by atoms with Gasteiger partial charge < -0.3 is 10.1 Å². The Morgan fingerprint density at radius 2 is 1.79 bits per heavy atom. The number of hydrogen-bond acceptors (Lipinski definition) is 5. The van der Waals surface area contributed by atoms with Gasteiger partial charge in [-0.05, 0) is 54.1 Å². The summed E-state index contributed by atoms with van der Waals surface area (Å²) in [6.45, 7) is 0.230. The Morgan fingerprint density at radius 3 is 2.45 bits per heavy atom. The molecule has 1 aliphatic heterocycles.